The van der Waals surface area contributed by atoms with Crippen LogP contribution in [0.2, 0.25) is 0 Å². The molecule has 4 heterocycles. The number of esters is 2. The van der Waals surface area contributed by atoms with Gasteiger partial charge in [0, 0.05) is 28.7 Å². The van der Waals surface area contributed by atoms with Gasteiger partial charge in [-0.15, -0.1) is 0 Å². The number of cyclic esters (lactones) is 1. The van der Waals surface area contributed by atoms with Crippen LogP contribution in [0.25, 0.3) is 0 Å². The molecule has 7 nitrogen and oxygen atoms in total. The van der Waals surface area contributed by atoms with Gasteiger partial charge in [0.1, 0.15) is 22.8 Å². The molecule has 9 heteroatoms. The molecule has 0 aromatic carbocycles. The molecule has 4 fully saturated rings. The molecule has 3 saturated carbocycles. The highest BCUT2D eigenvalue weighted by molar-refractivity contribution is 8.76. The Morgan fingerprint density at radius 1 is 1.06 bits per heavy atom. The van der Waals surface area contributed by atoms with Crippen molar-refractivity contribution >= 4 is 39.3 Å². The monoisotopic (exact) mass is 700 g/mol. The van der Waals surface area contributed by atoms with Crippen LogP contribution in [0.4, 0.5) is 5.82 Å². The van der Waals surface area contributed by atoms with E-state index in [4.69, 9.17) is 9.47 Å². The fourth-order valence-corrected chi connectivity index (χ4v) is 13.7. The standard InChI is InChI=1S/C40H48N2O5S2/c1-3-38(14-4-5-15-38)21-28-27-10-9-25-26-12-18-40(32(25)31(27)35(43)46-28)29-11-8-23(2)37(45)49-48-22-42-30-20-24(13-19-41-30)39(16-6-7-17-39)33(26)34(40)36(44)47-29/h11,13,19-21,23,25-26,32,37,45H,3-10,12,14-18,22H2,1-2H3,(H,41,42)/b28-21-,29-11+/t23-,25+,26+,32-,37-,40+/m1/s1. The van der Waals surface area contributed by atoms with Gasteiger partial charge in [-0.1, -0.05) is 61.1 Å². The van der Waals surface area contributed by atoms with Gasteiger partial charge in [-0.3, -0.25) is 0 Å². The summed E-state index contributed by atoms with van der Waals surface area (Å²) in [6.45, 7) is 4.32. The molecule has 0 amide bonds. The van der Waals surface area contributed by atoms with E-state index in [1.165, 1.54) is 34.8 Å². The van der Waals surface area contributed by atoms with Crippen LogP contribution in [-0.2, 0) is 24.5 Å². The molecule has 1 saturated heterocycles. The first kappa shape index (κ1) is 32.4. The van der Waals surface area contributed by atoms with E-state index in [-0.39, 0.29) is 46.4 Å². The average Bonchev–Trinajstić information content (AvgIpc) is 3.92. The lowest BCUT2D eigenvalue weighted by Gasteiger charge is -2.59. The Morgan fingerprint density at radius 2 is 1.86 bits per heavy atom. The van der Waals surface area contributed by atoms with Gasteiger partial charge < -0.3 is 19.9 Å². The van der Waals surface area contributed by atoms with Gasteiger partial charge in [0.2, 0.25) is 0 Å². The number of aromatic nitrogens is 1. The number of aliphatic hydroxyl groups excluding tert-OH is 1. The molecule has 7 bridgehead atoms. The summed E-state index contributed by atoms with van der Waals surface area (Å²) >= 11 is 0. The van der Waals surface area contributed by atoms with Crippen molar-refractivity contribution in [3.8, 4) is 0 Å². The predicted molar refractivity (Wildman–Crippen MR) is 193 cm³/mol. The molecule has 9 aliphatic rings. The van der Waals surface area contributed by atoms with Gasteiger partial charge in [-0.2, -0.15) is 0 Å². The Morgan fingerprint density at radius 3 is 2.65 bits per heavy atom. The topological polar surface area (TPSA) is 97.8 Å². The van der Waals surface area contributed by atoms with Crippen molar-refractivity contribution in [1.29, 1.82) is 0 Å². The highest BCUT2D eigenvalue weighted by atomic mass is 33.1. The molecule has 2 spiro atoms. The SMILES string of the molecule is CCC1(/C=C2\OC(=O)C3=C2CC[C@H]2[C@@H]4CC[C@@]5(C6=C4C4(CCCC4)c4ccnc(c4)NCSS[C@@H](O)[C@H](C)C/C=C\5OC6=O)[C@@H]32)CCCC1. The summed E-state index contributed by atoms with van der Waals surface area (Å²) in [5.41, 5.74) is 3.83. The second-order valence-electron chi connectivity index (χ2n) is 16.1. The zero-order chi connectivity index (χ0) is 33.5. The smallest absolute Gasteiger partial charge is 0.340 e. The number of fused-ring (bicyclic) bond motifs is 4. The molecule has 49 heavy (non-hydrogen) atoms. The number of rotatable bonds is 2. The third-order valence-electron chi connectivity index (χ3n) is 14.0. The van der Waals surface area contributed by atoms with Crippen LogP contribution >= 0.6 is 21.6 Å². The maximum Gasteiger partial charge on any atom is 0.340 e. The van der Waals surface area contributed by atoms with E-state index in [0.717, 1.165) is 98.9 Å². The summed E-state index contributed by atoms with van der Waals surface area (Å²) in [7, 11) is 3.05. The minimum absolute atomic E-state index is 0.0531. The first-order valence-electron chi connectivity index (χ1n) is 18.8. The molecule has 1 aromatic heterocycles. The van der Waals surface area contributed by atoms with E-state index in [0.29, 0.717) is 18.1 Å². The van der Waals surface area contributed by atoms with Crippen LogP contribution < -0.4 is 5.32 Å². The summed E-state index contributed by atoms with van der Waals surface area (Å²) < 4.78 is 12.8. The highest BCUT2D eigenvalue weighted by Crippen LogP contribution is 2.73. The predicted octanol–water partition coefficient (Wildman–Crippen LogP) is 8.88. The van der Waals surface area contributed by atoms with Crippen molar-refractivity contribution in [1.82, 2.24) is 4.98 Å². The highest BCUT2D eigenvalue weighted by Gasteiger charge is 2.70. The lowest BCUT2D eigenvalue weighted by Crippen LogP contribution is -2.55. The van der Waals surface area contributed by atoms with Gasteiger partial charge in [0.15, 0.2) is 0 Å². The quantitative estimate of drug-likeness (QED) is 0.232. The number of ether oxygens (including phenoxy) is 2. The van der Waals surface area contributed by atoms with Crippen molar-refractivity contribution < 1.29 is 24.2 Å². The largest absolute Gasteiger partial charge is 0.427 e. The van der Waals surface area contributed by atoms with Crippen molar-refractivity contribution in [2.24, 2.45) is 34.5 Å². The van der Waals surface area contributed by atoms with Gasteiger partial charge in [-0.25, -0.2) is 14.6 Å². The number of carbonyl (C=O) groups is 2. The fraction of sp³-hybridized carbons (Fsp3) is 0.625. The number of nitrogens with one attached hydrogen (secondary N) is 1. The summed E-state index contributed by atoms with van der Waals surface area (Å²) in [6, 6.07) is 4.38. The molecule has 0 radical (unpaired) electrons. The van der Waals surface area contributed by atoms with E-state index < -0.39 is 10.9 Å². The first-order chi connectivity index (χ1) is 23.8. The van der Waals surface area contributed by atoms with Gasteiger partial charge in [0.05, 0.1) is 16.9 Å². The Bertz CT molecular complexity index is 1720. The third kappa shape index (κ3) is 4.76. The molecule has 6 atom stereocenters. The van der Waals surface area contributed by atoms with Gasteiger partial charge in [0.25, 0.3) is 0 Å². The second kappa shape index (κ2) is 12.0. The minimum Gasteiger partial charge on any atom is -0.427 e. The number of allylic oxidation sites excluding steroid dienone is 5. The van der Waals surface area contributed by atoms with Crippen molar-refractivity contribution in [3.05, 3.63) is 69.9 Å². The Hall–Kier alpha value is -2.49. The van der Waals surface area contributed by atoms with Crippen LogP contribution in [0.15, 0.2) is 64.3 Å². The maximum absolute atomic E-state index is 14.6. The summed E-state index contributed by atoms with van der Waals surface area (Å²) in [5, 5.41) is 14.6. The molecule has 3 aliphatic heterocycles. The number of anilines is 1. The van der Waals surface area contributed by atoms with E-state index in [9.17, 15) is 14.7 Å². The van der Waals surface area contributed by atoms with Crippen LogP contribution in [0, 0.1) is 34.5 Å². The van der Waals surface area contributed by atoms with Crippen LogP contribution in [0.3, 0.4) is 0 Å². The Balaban J connectivity index is 1.27. The number of pyridine rings is 1. The number of hydrogen-bond acceptors (Lipinski definition) is 9. The van der Waals surface area contributed by atoms with Crippen LogP contribution in [-0.4, -0.2) is 33.3 Å². The normalized spacial score (nSPS) is 37.9. The number of hydrogen-bond donors (Lipinski definition) is 2. The molecule has 0 unspecified atom stereocenters. The second-order valence-corrected chi connectivity index (χ2v) is 18.6. The fourth-order valence-electron chi connectivity index (χ4n) is 11.7. The average molecular weight is 701 g/mol. The zero-order valence-corrected chi connectivity index (χ0v) is 30.4. The van der Waals surface area contributed by atoms with E-state index in [1.807, 2.05) is 6.20 Å². The van der Waals surface area contributed by atoms with Crippen molar-refractivity contribution in [3.63, 3.8) is 0 Å². The summed E-state index contributed by atoms with van der Waals surface area (Å²) in [6.07, 6.45) is 20.5. The third-order valence-corrected chi connectivity index (χ3v) is 16.4. The van der Waals surface area contributed by atoms with E-state index in [2.05, 4.69) is 48.4 Å². The molecule has 2 N–H and O–H groups in total. The molecular formula is C40H48N2O5S2. The van der Waals surface area contributed by atoms with Crippen molar-refractivity contribution in [2.75, 3.05) is 11.2 Å². The zero-order valence-electron chi connectivity index (χ0n) is 28.7. The van der Waals surface area contributed by atoms with Crippen molar-refractivity contribution in [2.45, 2.75) is 115 Å². The molecule has 1 aromatic rings. The van der Waals surface area contributed by atoms with E-state index >= 15 is 0 Å². The first-order valence-corrected chi connectivity index (χ1v) is 21.2. The Kier molecular flexibility index (Phi) is 7.97. The lowest BCUT2D eigenvalue weighted by molar-refractivity contribution is -0.135. The van der Waals surface area contributed by atoms with Crippen LogP contribution in [0.5, 0.6) is 0 Å². The minimum atomic E-state index is -0.704. The summed E-state index contributed by atoms with van der Waals surface area (Å²) in [5.74, 6) is 2.77. The van der Waals surface area contributed by atoms with Gasteiger partial charge in [-0.05, 0) is 123 Å². The Labute approximate surface area is 297 Å². The number of aliphatic hydroxyl groups is 1. The van der Waals surface area contributed by atoms with E-state index in [1.54, 1.807) is 10.8 Å². The summed E-state index contributed by atoms with van der Waals surface area (Å²) in [4.78, 5) is 33.5. The molecule has 6 aliphatic carbocycles. The molecular weight excluding hydrogens is 653 g/mol. The van der Waals surface area contributed by atoms with Gasteiger partial charge >= 0.3 is 11.9 Å². The van der Waals surface area contributed by atoms with Crippen LogP contribution in [0.1, 0.15) is 109 Å². The lowest BCUT2D eigenvalue weighted by atomic mass is 9.42. The molecule has 260 valence electrons. The molecule has 10 rings (SSSR count). The number of carbonyl (C=O) groups excluding carboxylic acids is 2. The maximum atomic E-state index is 14.6. The number of nitrogens with zero attached hydrogens (tertiary/aromatic N) is 1.